The van der Waals surface area contributed by atoms with Gasteiger partial charge >= 0.3 is 0 Å². The Morgan fingerprint density at radius 2 is 2.19 bits per heavy atom. The van der Waals surface area contributed by atoms with Gasteiger partial charge in [0.15, 0.2) is 11.5 Å². The van der Waals surface area contributed by atoms with Gasteiger partial charge in [-0.25, -0.2) is 18.9 Å². The van der Waals surface area contributed by atoms with Gasteiger partial charge in [0, 0.05) is 17.5 Å². The topological polar surface area (TPSA) is 72.2 Å². The Morgan fingerprint density at radius 1 is 1.33 bits per heavy atom. The van der Waals surface area contributed by atoms with E-state index in [4.69, 9.17) is 0 Å². The fraction of sp³-hybridized carbons (Fsp3) is 0.300. The maximum Gasteiger partial charge on any atom is 0.224 e. The zero-order chi connectivity index (χ0) is 18.8. The molecule has 0 spiro atoms. The molecule has 0 radical (unpaired) electrons. The molecule has 0 saturated heterocycles. The number of allylic oxidation sites excluding steroid dienone is 2. The average Bonchev–Trinajstić information content (AvgIpc) is 3.12. The Bertz CT molecular complexity index is 1010. The van der Waals surface area contributed by atoms with E-state index in [1.165, 1.54) is 16.9 Å². The lowest BCUT2D eigenvalue weighted by atomic mass is 9.93. The quantitative estimate of drug-likeness (QED) is 0.719. The maximum atomic E-state index is 14.0. The number of nitrogens with one attached hydrogen (secondary N) is 1. The van der Waals surface area contributed by atoms with E-state index < -0.39 is 0 Å². The number of carbonyl (C=O) groups excluding carboxylic acids is 1. The van der Waals surface area contributed by atoms with Crippen LogP contribution in [0.4, 0.5) is 4.39 Å². The number of hydrogen-bond acceptors (Lipinski definition) is 4. The fourth-order valence-corrected chi connectivity index (χ4v) is 3.24. The van der Waals surface area contributed by atoms with Crippen LogP contribution >= 0.6 is 0 Å². The largest absolute Gasteiger partial charge is 0.346 e. The lowest BCUT2D eigenvalue weighted by Crippen LogP contribution is -2.33. The zero-order valence-electron chi connectivity index (χ0n) is 15.0. The molecule has 0 bridgehead atoms. The van der Waals surface area contributed by atoms with E-state index in [0.29, 0.717) is 22.7 Å². The highest BCUT2D eigenvalue weighted by molar-refractivity contribution is 5.79. The summed E-state index contributed by atoms with van der Waals surface area (Å²) in [6.45, 7) is 1.86. The first-order valence-corrected chi connectivity index (χ1v) is 9.04. The second kappa shape index (κ2) is 7.26. The van der Waals surface area contributed by atoms with Crippen molar-refractivity contribution < 1.29 is 9.18 Å². The predicted octanol–water partition coefficient (Wildman–Crippen LogP) is 3.46. The van der Waals surface area contributed by atoms with Gasteiger partial charge in [0.1, 0.15) is 12.1 Å². The third kappa shape index (κ3) is 3.58. The summed E-state index contributed by atoms with van der Waals surface area (Å²) < 4.78 is 15.5. The second-order valence-electron chi connectivity index (χ2n) is 6.74. The maximum absolute atomic E-state index is 14.0. The van der Waals surface area contributed by atoms with Crippen LogP contribution in [0, 0.1) is 11.7 Å². The molecule has 6 nitrogen and oxygen atoms in total. The minimum Gasteiger partial charge on any atom is -0.346 e. The van der Waals surface area contributed by atoms with E-state index in [9.17, 15) is 9.18 Å². The van der Waals surface area contributed by atoms with E-state index in [1.807, 2.05) is 6.92 Å². The summed E-state index contributed by atoms with van der Waals surface area (Å²) in [5.74, 6) is 0.193. The molecule has 0 unspecified atom stereocenters. The number of fused-ring (bicyclic) bond motifs is 1. The predicted molar refractivity (Wildman–Crippen MR) is 99.2 cm³/mol. The first-order chi connectivity index (χ1) is 13.1. The molecule has 1 aliphatic rings. The lowest BCUT2D eigenvalue weighted by Gasteiger charge is -2.19. The van der Waals surface area contributed by atoms with Gasteiger partial charge in [-0.1, -0.05) is 24.3 Å². The van der Waals surface area contributed by atoms with Crippen molar-refractivity contribution in [2.75, 3.05) is 0 Å². The molecule has 2 aromatic heterocycles. The summed E-state index contributed by atoms with van der Waals surface area (Å²) in [4.78, 5) is 21.2. The highest BCUT2D eigenvalue weighted by atomic mass is 19.1. The van der Waals surface area contributed by atoms with Crippen molar-refractivity contribution in [1.82, 2.24) is 24.9 Å². The van der Waals surface area contributed by atoms with E-state index in [0.717, 1.165) is 19.3 Å². The van der Waals surface area contributed by atoms with Crippen LogP contribution in [0.3, 0.4) is 0 Å². The zero-order valence-corrected chi connectivity index (χ0v) is 15.0. The van der Waals surface area contributed by atoms with Gasteiger partial charge in [-0.2, -0.15) is 0 Å². The summed E-state index contributed by atoms with van der Waals surface area (Å²) in [5.41, 5.74) is 1.46. The van der Waals surface area contributed by atoms with Crippen LogP contribution in [0.1, 0.15) is 38.1 Å². The van der Waals surface area contributed by atoms with Gasteiger partial charge in [-0.3, -0.25) is 4.79 Å². The molecule has 0 aliphatic heterocycles. The highest BCUT2D eigenvalue weighted by Crippen LogP contribution is 2.22. The van der Waals surface area contributed by atoms with Crippen LogP contribution < -0.4 is 5.32 Å². The van der Waals surface area contributed by atoms with Crippen LogP contribution in [-0.4, -0.2) is 25.5 Å². The molecule has 138 valence electrons. The number of amides is 1. The lowest BCUT2D eigenvalue weighted by molar-refractivity contribution is -0.125. The monoisotopic (exact) mass is 365 g/mol. The standard InChI is InChI=1S/C20H20FN5O/c1-13(23-20(27)14-7-3-2-4-8-14)19-24-18-11-17(22-12-26(18)25-19)15-9-5-6-10-16(15)21/h2-3,5-6,9-14H,4,7-8H2,1H3,(H,23,27)/t13-,14+/m1/s1. The molecule has 2 atom stereocenters. The van der Waals surface area contributed by atoms with E-state index >= 15 is 0 Å². The number of nitrogens with zero attached hydrogens (tertiary/aromatic N) is 4. The molecule has 0 saturated carbocycles. The Balaban J connectivity index is 1.55. The SMILES string of the molecule is C[C@@H](NC(=O)[C@H]1CC=CCC1)c1nc2cc(-c3ccccc3F)ncn2n1. The molecule has 4 rings (SSSR count). The summed E-state index contributed by atoms with van der Waals surface area (Å²) in [5, 5.41) is 7.38. The van der Waals surface area contributed by atoms with E-state index in [2.05, 4.69) is 32.5 Å². The Hall–Kier alpha value is -3.09. The number of hydrogen-bond donors (Lipinski definition) is 1. The molecule has 1 aliphatic carbocycles. The van der Waals surface area contributed by atoms with Gasteiger partial charge < -0.3 is 5.32 Å². The van der Waals surface area contributed by atoms with E-state index in [-0.39, 0.29) is 23.7 Å². The Kier molecular flexibility index (Phi) is 4.66. The minimum absolute atomic E-state index is 0.00352. The summed E-state index contributed by atoms with van der Waals surface area (Å²) in [6, 6.07) is 7.84. The Morgan fingerprint density at radius 3 is 2.96 bits per heavy atom. The minimum atomic E-state index is -0.337. The third-order valence-electron chi connectivity index (χ3n) is 4.78. The van der Waals surface area contributed by atoms with Crippen molar-refractivity contribution in [3.05, 3.63) is 60.5 Å². The Labute approximate surface area is 156 Å². The normalized spacial score (nSPS) is 17.8. The van der Waals surface area contributed by atoms with Crippen molar-refractivity contribution in [1.29, 1.82) is 0 Å². The molecule has 7 heteroatoms. The number of halogens is 1. The molecule has 1 amide bonds. The number of rotatable bonds is 4. The smallest absolute Gasteiger partial charge is 0.224 e. The molecule has 3 aromatic rings. The van der Waals surface area contributed by atoms with Gasteiger partial charge in [-0.15, -0.1) is 5.10 Å². The molecule has 27 heavy (non-hydrogen) atoms. The van der Waals surface area contributed by atoms with Crippen LogP contribution in [0.15, 0.2) is 48.8 Å². The van der Waals surface area contributed by atoms with Gasteiger partial charge in [0.2, 0.25) is 5.91 Å². The highest BCUT2D eigenvalue weighted by Gasteiger charge is 2.22. The molecular formula is C20H20FN5O. The van der Waals surface area contributed by atoms with Crippen LogP contribution in [0.5, 0.6) is 0 Å². The summed E-state index contributed by atoms with van der Waals surface area (Å²) in [6.07, 6.45) is 8.24. The average molecular weight is 365 g/mol. The summed E-state index contributed by atoms with van der Waals surface area (Å²) in [7, 11) is 0. The van der Waals surface area contributed by atoms with Crippen LogP contribution in [0.25, 0.3) is 16.9 Å². The molecule has 2 heterocycles. The first-order valence-electron chi connectivity index (χ1n) is 9.04. The summed E-state index contributed by atoms with van der Waals surface area (Å²) >= 11 is 0. The molecule has 0 fully saturated rings. The first kappa shape index (κ1) is 17.3. The van der Waals surface area contributed by atoms with Gasteiger partial charge in [-0.05, 0) is 38.3 Å². The molecular weight excluding hydrogens is 345 g/mol. The number of aromatic nitrogens is 4. The fourth-order valence-electron chi connectivity index (χ4n) is 3.24. The van der Waals surface area contributed by atoms with Crippen LogP contribution in [0.2, 0.25) is 0 Å². The van der Waals surface area contributed by atoms with Crippen molar-refractivity contribution in [3.63, 3.8) is 0 Å². The van der Waals surface area contributed by atoms with Crippen molar-refractivity contribution in [2.45, 2.75) is 32.2 Å². The van der Waals surface area contributed by atoms with Crippen molar-refractivity contribution >= 4 is 11.6 Å². The van der Waals surface area contributed by atoms with Crippen molar-refractivity contribution in [3.8, 4) is 11.3 Å². The van der Waals surface area contributed by atoms with Gasteiger partial charge in [0.25, 0.3) is 0 Å². The molecule has 1 N–H and O–H groups in total. The number of carbonyl (C=O) groups is 1. The third-order valence-corrected chi connectivity index (χ3v) is 4.78. The van der Waals surface area contributed by atoms with Gasteiger partial charge in [0.05, 0.1) is 11.7 Å². The number of benzene rings is 1. The van der Waals surface area contributed by atoms with E-state index in [1.54, 1.807) is 24.3 Å². The second-order valence-corrected chi connectivity index (χ2v) is 6.74. The molecule has 1 aromatic carbocycles. The van der Waals surface area contributed by atoms with Crippen LogP contribution in [-0.2, 0) is 4.79 Å². The van der Waals surface area contributed by atoms with Crippen molar-refractivity contribution in [2.24, 2.45) is 5.92 Å².